The third-order valence-electron chi connectivity index (χ3n) is 7.56. The molecule has 2 aliphatic heterocycles. The van der Waals surface area contributed by atoms with Crippen molar-refractivity contribution in [1.29, 1.82) is 0 Å². The van der Waals surface area contributed by atoms with E-state index in [1.807, 2.05) is 23.1 Å². The molecule has 1 aromatic rings. The first kappa shape index (κ1) is 27.7. The number of likely N-dealkylation sites (tertiary alicyclic amines) is 1. The molecule has 2 amide bonds. The van der Waals surface area contributed by atoms with Crippen LogP contribution >= 0.6 is 0 Å². The first-order valence-electron chi connectivity index (χ1n) is 13.9. The Labute approximate surface area is 213 Å². The lowest BCUT2D eigenvalue weighted by Gasteiger charge is -2.30. The predicted octanol–water partition coefficient (Wildman–Crippen LogP) is 4.92. The first-order chi connectivity index (χ1) is 16.8. The summed E-state index contributed by atoms with van der Waals surface area (Å²) in [5.74, 6) is 1.24. The number of carbonyl (C=O) groups is 2. The molecule has 0 aromatic heterocycles. The predicted molar refractivity (Wildman–Crippen MR) is 145 cm³/mol. The largest absolute Gasteiger partial charge is 0.352 e. The van der Waals surface area contributed by atoms with Crippen molar-refractivity contribution in [2.45, 2.75) is 78.7 Å². The van der Waals surface area contributed by atoms with E-state index in [4.69, 9.17) is 0 Å². The van der Waals surface area contributed by atoms with E-state index < -0.39 is 0 Å². The van der Waals surface area contributed by atoms with Gasteiger partial charge in [-0.25, -0.2) is 0 Å². The molecule has 0 saturated carbocycles. The maximum absolute atomic E-state index is 13.1. The molecule has 6 heteroatoms. The SMILES string of the molecule is CC(=O)N1CCCCCCCN(CCC(C)C)Cc2cc(C(=O)NCC3CCCN(C)C3)ccc21. The molecule has 1 N–H and O–H groups in total. The van der Waals surface area contributed by atoms with E-state index in [1.54, 1.807) is 6.92 Å². The molecular formula is C29H48N4O2. The molecule has 3 rings (SSSR count). The summed E-state index contributed by atoms with van der Waals surface area (Å²) in [6.07, 6.45) is 9.38. The topological polar surface area (TPSA) is 55.9 Å². The molecule has 0 aliphatic carbocycles. The van der Waals surface area contributed by atoms with Crippen molar-refractivity contribution >= 4 is 17.5 Å². The lowest BCUT2D eigenvalue weighted by Crippen LogP contribution is -2.39. The van der Waals surface area contributed by atoms with Crippen LogP contribution < -0.4 is 10.2 Å². The van der Waals surface area contributed by atoms with Gasteiger partial charge in [0.2, 0.25) is 5.91 Å². The highest BCUT2D eigenvalue weighted by Crippen LogP contribution is 2.26. The molecule has 0 bridgehead atoms. The highest BCUT2D eigenvalue weighted by Gasteiger charge is 2.21. The van der Waals surface area contributed by atoms with Gasteiger partial charge >= 0.3 is 0 Å². The smallest absolute Gasteiger partial charge is 0.251 e. The van der Waals surface area contributed by atoms with Crippen LogP contribution in [0.4, 0.5) is 5.69 Å². The number of nitrogens with zero attached hydrogens (tertiary/aromatic N) is 3. The number of carbonyl (C=O) groups excluding carboxylic acids is 2. The van der Waals surface area contributed by atoms with Crippen LogP contribution in [0.15, 0.2) is 18.2 Å². The van der Waals surface area contributed by atoms with Gasteiger partial charge < -0.3 is 15.1 Å². The van der Waals surface area contributed by atoms with Crippen LogP contribution in [0, 0.1) is 11.8 Å². The molecule has 196 valence electrons. The van der Waals surface area contributed by atoms with Crippen molar-refractivity contribution in [2.75, 3.05) is 51.2 Å². The summed E-state index contributed by atoms with van der Waals surface area (Å²) in [6, 6.07) is 5.95. The van der Waals surface area contributed by atoms with E-state index in [1.165, 1.54) is 32.1 Å². The van der Waals surface area contributed by atoms with Gasteiger partial charge in [-0.1, -0.05) is 33.1 Å². The van der Waals surface area contributed by atoms with Gasteiger partial charge in [-0.3, -0.25) is 14.5 Å². The molecule has 0 radical (unpaired) electrons. The molecule has 1 aromatic carbocycles. The van der Waals surface area contributed by atoms with Gasteiger partial charge in [0, 0.05) is 44.4 Å². The van der Waals surface area contributed by atoms with Crippen molar-refractivity contribution in [3.05, 3.63) is 29.3 Å². The highest BCUT2D eigenvalue weighted by molar-refractivity contribution is 5.97. The summed E-state index contributed by atoms with van der Waals surface area (Å²) >= 11 is 0. The molecule has 1 saturated heterocycles. The van der Waals surface area contributed by atoms with E-state index in [-0.39, 0.29) is 11.8 Å². The Morgan fingerprint density at radius 1 is 1.03 bits per heavy atom. The van der Waals surface area contributed by atoms with Gasteiger partial charge in [-0.15, -0.1) is 0 Å². The second kappa shape index (κ2) is 14.0. The van der Waals surface area contributed by atoms with Crippen LogP contribution in [0.25, 0.3) is 0 Å². The average molecular weight is 485 g/mol. The fourth-order valence-corrected chi connectivity index (χ4v) is 5.43. The third kappa shape index (κ3) is 8.91. The van der Waals surface area contributed by atoms with Crippen molar-refractivity contribution in [2.24, 2.45) is 11.8 Å². The van der Waals surface area contributed by atoms with E-state index in [2.05, 4.69) is 36.0 Å². The molecular weight excluding hydrogens is 436 g/mol. The maximum atomic E-state index is 13.1. The zero-order valence-electron chi connectivity index (χ0n) is 22.7. The average Bonchev–Trinajstić information content (AvgIpc) is 2.81. The van der Waals surface area contributed by atoms with Gasteiger partial charge in [0.1, 0.15) is 0 Å². The Morgan fingerprint density at radius 3 is 2.49 bits per heavy atom. The number of hydrogen-bond donors (Lipinski definition) is 1. The Morgan fingerprint density at radius 2 is 1.77 bits per heavy atom. The fraction of sp³-hybridized carbons (Fsp3) is 0.724. The Hall–Kier alpha value is -1.92. The van der Waals surface area contributed by atoms with E-state index in [9.17, 15) is 9.59 Å². The van der Waals surface area contributed by atoms with E-state index in [0.29, 0.717) is 17.4 Å². The van der Waals surface area contributed by atoms with Crippen molar-refractivity contribution in [3.8, 4) is 0 Å². The monoisotopic (exact) mass is 484 g/mol. The quantitative estimate of drug-likeness (QED) is 0.622. The second-order valence-corrected chi connectivity index (χ2v) is 11.2. The molecule has 0 spiro atoms. The van der Waals surface area contributed by atoms with Crippen LogP contribution in [0.1, 0.15) is 88.1 Å². The maximum Gasteiger partial charge on any atom is 0.251 e. The summed E-state index contributed by atoms with van der Waals surface area (Å²) < 4.78 is 0. The van der Waals surface area contributed by atoms with Crippen molar-refractivity contribution in [3.63, 3.8) is 0 Å². The Kier molecular flexibility index (Phi) is 11.1. The second-order valence-electron chi connectivity index (χ2n) is 11.2. The third-order valence-corrected chi connectivity index (χ3v) is 7.56. The minimum Gasteiger partial charge on any atom is -0.352 e. The lowest BCUT2D eigenvalue weighted by molar-refractivity contribution is -0.116. The first-order valence-corrected chi connectivity index (χ1v) is 13.9. The summed E-state index contributed by atoms with van der Waals surface area (Å²) in [6.45, 7) is 12.8. The highest BCUT2D eigenvalue weighted by atomic mass is 16.2. The van der Waals surface area contributed by atoms with Gasteiger partial charge in [0.25, 0.3) is 5.91 Å². The van der Waals surface area contributed by atoms with Crippen molar-refractivity contribution in [1.82, 2.24) is 15.1 Å². The Bertz CT molecular complexity index is 825. The standard InChI is InChI=1S/C29H48N4O2/c1-23(2)14-18-32-16-8-6-5-7-9-17-33(24(3)34)28-13-12-26(19-27(28)22-32)29(35)30-20-25-11-10-15-31(4)21-25/h12-13,19,23,25H,5-11,14-18,20-22H2,1-4H3,(H,30,35). The molecule has 2 heterocycles. The normalized spacial score (nSPS) is 21.2. The number of anilines is 1. The number of amides is 2. The van der Waals surface area contributed by atoms with Crippen LogP contribution in [0.5, 0.6) is 0 Å². The number of nitrogens with one attached hydrogen (secondary N) is 1. The molecule has 35 heavy (non-hydrogen) atoms. The number of fused-ring (bicyclic) bond motifs is 1. The van der Waals surface area contributed by atoms with Gasteiger partial charge in [-0.2, -0.15) is 0 Å². The fourth-order valence-electron chi connectivity index (χ4n) is 5.43. The lowest BCUT2D eigenvalue weighted by atomic mass is 9.98. The van der Waals surface area contributed by atoms with Crippen LogP contribution in [-0.2, 0) is 11.3 Å². The summed E-state index contributed by atoms with van der Waals surface area (Å²) in [5.41, 5.74) is 2.76. The molecule has 1 atom stereocenters. The zero-order valence-corrected chi connectivity index (χ0v) is 22.7. The number of benzene rings is 1. The van der Waals surface area contributed by atoms with Gasteiger partial charge in [0.15, 0.2) is 0 Å². The van der Waals surface area contributed by atoms with Crippen LogP contribution in [-0.4, -0.2) is 67.9 Å². The van der Waals surface area contributed by atoms with Gasteiger partial charge in [0.05, 0.1) is 0 Å². The van der Waals surface area contributed by atoms with Crippen molar-refractivity contribution < 1.29 is 9.59 Å². The van der Waals surface area contributed by atoms with Gasteiger partial charge in [-0.05, 0) is 94.4 Å². The zero-order chi connectivity index (χ0) is 25.2. The van der Waals surface area contributed by atoms with E-state index >= 15 is 0 Å². The molecule has 2 aliphatic rings. The minimum atomic E-state index is -0.00440. The number of hydrogen-bond acceptors (Lipinski definition) is 4. The minimum absolute atomic E-state index is 0.00440. The molecule has 1 fully saturated rings. The molecule has 6 nitrogen and oxygen atoms in total. The Balaban J connectivity index is 1.82. The van der Waals surface area contributed by atoms with E-state index in [0.717, 1.165) is 76.3 Å². The van der Waals surface area contributed by atoms with Crippen LogP contribution in [0.3, 0.4) is 0 Å². The number of rotatable bonds is 6. The summed E-state index contributed by atoms with van der Waals surface area (Å²) in [5, 5.41) is 3.19. The molecule has 1 unspecified atom stereocenters. The van der Waals surface area contributed by atoms with Crippen LogP contribution in [0.2, 0.25) is 0 Å². The summed E-state index contributed by atoms with van der Waals surface area (Å²) in [4.78, 5) is 32.6. The number of piperidine rings is 1. The summed E-state index contributed by atoms with van der Waals surface area (Å²) in [7, 11) is 2.16.